The van der Waals surface area contributed by atoms with Crippen molar-refractivity contribution in [2.24, 2.45) is 11.8 Å². The second kappa shape index (κ2) is 20.1. The van der Waals surface area contributed by atoms with E-state index in [1.54, 1.807) is 0 Å². The summed E-state index contributed by atoms with van der Waals surface area (Å²) >= 11 is 1.44. The summed E-state index contributed by atoms with van der Waals surface area (Å²) in [5, 5.41) is 3.20. The third-order valence-corrected chi connectivity index (χ3v) is 8.42. The molecule has 1 aliphatic heterocycles. The van der Waals surface area contributed by atoms with Crippen molar-refractivity contribution < 1.29 is 19.1 Å². The fourth-order valence-corrected chi connectivity index (χ4v) is 6.17. The van der Waals surface area contributed by atoms with Crippen molar-refractivity contribution in [3.63, 3.8) is 0 Å². The van der Waals surface area contributed by atoms with Crippen LogP contribution in [0, 0.1) is 11.8 Å². The van der Waals surface area contributed by atoms with Crippen LogP contribution in [-0.4, -0.2) is 34.9 Å². The number of amides is 1. The molecule has 5 nitrogen and oxygen atoms in total. The molecule has 0 aromatic heterocycles. The number of nitrogens with one attached hydrogen (secondary N) is 1. The van der Waals surface area contributed by atoms with Crippen LogP contribution in [0.5, 0.6) is 0 Å². The lowest BCUT2D eigenvalue weighted by atomic mass is 9.92. The summed E-state index contributed by atoms with van der Waals surface area (Å²) in [5.41, 5.74) is 0. The van der Waals surface area contributed by atoms with Gasteiger partial charge >= 0.3 is 5.97 Å². The van der Waals surface area contributed by atoms with Gasteiger partial charge in [-0.05, 0) is 38.0 Å². The van der Waals surface area contributed by atoms with E-state index in [1.165, 1.54) is 76.0 Å². The summed E-state index contributed by atoms with van der Waals surface area (Å²) in [6.07, 6.45) is 19.5. The first-order valence-corrected chi connectivity index (χ1v) is 15.4. The molecule has 1 saturated heterocycles. The van der Waals surface area contributed by atoms with Gasteiger partial charge < -0.3 is 10.1 Å². The normalized spacial score (nSPS) is 19.3. The Morgan fingerprint density at radius 2 is 1.51 bits per heavy atom. The molecule has 0 saturated carbocycles. The maximum atomic E-state index is 12.9. The second-order valence-electron chi connectivity index (χ2n) is 10.8. The molecule has 0 unspecified atom stereocenters. The van der Waals surface area contributed by atoms with Crippen LogP contribution in [0.15, 0.2) is 0 Å². The highest BCUT2D eigenvalue weighted by molar-refractivity contribution is 8.16. The van der Waals surface area contributed by atoms with Gasteiger partial charge in [-0.2, -0.15) is 0 Å². The molecular formula is C29H53NO4S. The van der Waals surface area contributed by atoms with Crippen LogP contribution in [-0.2, 0) is 19.1 Å². The predicted octanol–water partition coefficient (Wildman–Crippen LogP) is 7.60. The summed E-state index contributed by atoms with van der Waals surface area (Å²) in [6.45, 7) is 8.51. The molecule has 1 heterocycles. The van der Waals surface area contributed by atoms with E-state index in [9.17, 15) is 14.4 Å². The van der Waals surface area contributed by atoms with Crippen LogP contribution in [0.1, 0.15) is 137 Å². The molecule has 0 radical (unpaired) electrons. The lowest BCUT2D eigenvalue weighted by molar-refractivity contribution is -0.153. The van der Waals surface area contributed by atoms with Gasteiger partial charge in [-0.3, -0.25) is 9.59 Å². The smallest absolute Gasteiger partial charge is 0.328 e. The number of ether oxygens (including phenoxy) is 1. The summed E-state index contributed by atoms with van der Waals surface area (Å²) < 4.78 is 5.99. The van der Waals surface area contributed by atoms with Crippen LogP contribution in [0.4, 0.5) is 0 Å². The molecule has 204 valence electrons. The molecule has 35 heavy (non-hydrogen) atoms. The maximum Gasteiger partial charge on any atom is 0.328 e. The fraction of sp³-hybridized carbons (Fsp3) is 0.897. The Balaban J connectivity index is 2.58. The topological polar surface area (TPSA) is 72.5 Å². The first-order chi connectivity index (χ1) is 16.9. The molecule has 1 N–H and O–H groups in total. The number of esters is 1. The standard InChI is InChI=1S/C29H53NO4S/c1-5-7-9-11-12-13-14-15-16-18-24(34-28(32)26(30-22-31)20-23(3)4)21-27-25(29(33)35-27)19-17-10-8-6-2/h22-27H,5-21H2,1-4H3,(H,30,31)/t24-,25-,26-,27+/m0/s1. The van der Waals surface area contributed by atoms with Gasteiger partial charge in [0.2, 0.25) is 6.41 Å². The van der Waals surface area contributed by atoms with E-state index >= 15 is 0 Å². The Labute approximate surface area is 219 Å². The van der Waals surface area contributed by atoms with E-state index in [-0.39, 0.29) is 29.2 Å². The number of rotatable bonds is 23. The van der Waals surface area contributed by atoms with Crippen LogP contribution < -0.4 is 5.32 Å². The minimum atomic E-state index is -0.598. The fourth-order valence-electron chi connectivity index (χ4n) is 4.90. The van der Waals surface area contributed by atoms with Gasteiger partial charge in [0, 0.05) is 11.2 Å². The van der Waals surface area contributed by atoms with E-state index in [0.717, 1.165) is 38.5 Å². The molecule has 0 spiro atoms. The SMILES string of the molecule is CCCCCCCCCCC[C@@H](C[C@H]1SC(=O)[C@H]1CCCCCC)OC(=O)[C@H](CC(C)C)NC=O. The van der Waals surface area contributed by atoms with Crippen LogP contribution in [0.3, 0.4) is 0 Å². The van der Waals surface area contributed by atoms with E-state index in [0.29, 0.717) is 17.9 Å². The van der Waals surface area contributed by atoms with Gasteiger partial charge in [-0.15, -0.1) is 0 Å². The van der Waals surface area contributed by atoms with Crippen molar-refractivity contribution >= 4 is 29.3 Å². The zero-order valence-corrected chi connectivity index (χ0v) is 23.8. The molecule has 1 fully saturated rings. The molecule has 1 amide bonds. The Hall–Kier alpha value is -1.04. The second-order valence-corrected chi connectivity index (χ2v) is 12.1. The first kappa shape index (κ1) is 32.0. The highest BCUT2D eigenvalue weighted by atomic mass is 32.2. The van der Waals surface area contributed by atoms with Crippen LogP contribution >= 0.6 is 11.8 Å². The lowest BCUT2D eigenvalue weighted by Crippen LogP contribution is -2.42. The first-order valence-electron chi connectivity index (χ1n) is 14.5. The number of hydrogen-bond donors (Lipinski definition) is 1. The molecule has 1 rings (SSSR count). The quantitative estimate of drug-likeness (QED) is 0.0868. The molecule has 0 aromatic rings. The monoisotopic (exact) mass is 511 g/mol. The summed E-state index contributed by atoms with van der Waals surface area (Å²) in [5.74, 6) is 0.0608. The molecular weight excluding hydrogens is 458 g/mol. The van der Waals surface area contributed by atoms with Gasteiger partial charge in [-0.25, -0.2) is 4.79 Å². The Kier molecular flexibility index (Phi) is 18.3. The zero-order valence-electron chi connectivity index (χ0n) is 23.0. The van der Waals surface area contributed by atoms with E-state index in [4.69, 9.17) is 4.74 Å². The number of carbonyl (C=O) groups is 3. The third-order valence-electron chi connectivity index (χ3n) is 7.06. The van der Waals surface area contributed by atoms with Crippen LogP contribution in [0.25, 0.3) is 0 Å². The molecule has 0 aliphatic carbocycles. The summed E-state index contributed by atoms with van der Waals surface area (Å²) in [6, 6.07) is -0.598. The van der Waals surface area contributed by atoms with Gasteiger partial charge in [-0.1, -0.05) is 117 Å². The van der Waals surface area contributed by atoms with Gasteiger partial charge in [0.25, 0.3) is 0 Å². The van der Waals surface area contributed by atoms with E-state index in [1.807, 2.05) is 13.8 Å². The molecule has 4 atom stereocenters. The number of carbonyl (C=O) groups excluding carboxylic acids is 3. The zero-order chi connectivity index (χ0) is 25.9. The maximum absolute atomic E-state index is 12.9. The third kappa shape index (κ3) is 14.3. The average Bonchev–Trinajstić information content (AvgIpc) is 2.81. The van der Waals surface area contributed by atoms with E-state index < -0.39 is 6.04 Å². The molecule has 0 bridgehead atoms. The number of hydrogen-bond acceptors (Lipinski definition) is 5. The minimum absolute atomic E-state index is 0.112. The Morgan fingerprint density at radius 1 is 0.943 bits per heavy atom. The van der Waals surface area contributed by atoms with Gasteiger partial charge in [0.05, 0.1) is 0 Å². The van der Waals surface area contributed by atoms with Gasteiger partial charge in [0.15, 0.2) is 5.12 Å². The molecule has 6 heteroatoms. The van der Waals surface area contributed by atoms with Gasteiger partial charge in [0.1, 0.15) is 12.1 Å². The van der Waals surface area contributed by atoms with Crippen molar-refractivity contribution in [2.75, 3.05) is 0 Å². The Bertz CT molecular complexity index is 583. The number of unbranched alkanes of at least 4 members (excludes halogenated alkanes) is 11. The van der Waals surface area contributed by atoms with Crippen molar-refractivity contribution in [3.05, 3.63) is 0 Å². The molecule has 1 aliphatic rings. The van der Waals surface area contributed by atoms with Crippen molar-refractivity contribution in [3.8, 4) is 0 Å². The highest BCUT2D eigenvalue weighted by Crippen LogP contribution is 2.43. The van der Waals surface area contributed by atoms with Crippen molar-refractivity contribution in [1.82, 2.24) is 5.32 Å². The predicted molar refractivity (Wildman–Crippen MR) is 147 cm³/mol. The summed E-state index contributed by atoms with van der Waals surface area (Å²) in [4.78, 5) is 36.2. The number of thioether (sulfide) groups is 1. The summed E-state index contributed by atoms with van der Waals surface area (Å²) in [7, 11) is 0. The minimum Gasteiger partial charge on any atom is -0.461 e. The van der Waals surface area contributed by atoms with Crippen molar-refractivity contribution in [2.45, 2.75) is 154 Å². The Morgan fingerprint density at radius 3 is 2.06 bits per heavy atom. The van der Waals surface area contributed by atoms with Crippen molar-refractivity contribution in [1.29, 1.82) is 0 Å². The largest absolute Gasteiger partial charge is 0.461 e. The lowest BCUT2D eigenvalue weighted by Gasteiger charge is -2.36. The van der Waals surface area contributed by atoms with E-state index in [2.05, 4.69) is 19.2 Å². The average molecular weight is 512 g/mol. The van der Waals surface area contributed by atoms with Crippen LogP contribution in [0.2, 0.25) is 0 Å². The molecule has 0 aromatic carbocycles. The highest BCUT2D eigenvalue weighted by Gasteiger charge is 2.42.